The molecular weight excluding hydrogens is 396 g/mol. The second-order valence-corrected chi connectivity index (χ2v) is 8.75. The topological polar surface area (TPSA) is 43.8 Å². The number of likely N-dealkylation sites (N-methyl/N-ethyl adjacent to an activating group) is 1. The lowest BCUT2D eigenvalue weighted by Crippen LogP contribution is -2.41. The number of nitrogens with zero attached hydrogens (tertiary/aromatic N) is 2. The maximum Gasteiger partial charge on any atom is 0.256 e. The zero-order chi connectivity index (χ0) is 14.2. The number of aliphatic hydroxyl groups excluding tert-OH is 1. The Bertz CT molecular complexity index is 478. The fourth-order valence-corrected chi connectivity index (χ4v) is 5.15. The van der Waals surface area contributed by atoms with E-state index in [9.17, 15) is 9.90 Å². The normalized spacial score (nSPS) is 23.4. The van der Waals surface area contributed by atoms with Crippen LogP contribution in [-0.2, 0) is 0 Å². The predicted molar refractivity (Wildman–Crippen MR) is 83.7 cm³/mol. The summed E-state index contributed by atoms with van der Waals surface area (Å²) in [6.07, 6.45) is 0.224. The van der Waals surface area contributed by atoms with Gasteiger partial charge in [-0.2, -0.15) is 0 Å². The van der Waals surface area contributed by atoms with Crippen molar-refractivity contribution in [3.05, 3.63) is 19.2 Å². The highest BCUT2D eigenvalue weighted by Gasteiger charge is 2.35. The Hall–Kier alpha value is 0.0500. The Kier molecular flexibility index (Phi) is 5.05. The number of thiophene rings is 1. The van der Waals surface area contributed by atoms with Crippen molar-refractivity contribution in [2.75, 3.05) is 27.2 Å². The highest BCUT2D eigenvalue weighted by molar-refractivity contribution is 9.12. The molecule has 7 heteroatoms. The van der Waals surface area contributed by atoms with Crippen LogP contribution in [0, 0.1) is 0 Å². The summed E-state index contributed by atoms with van der Waals surface area (Å²) in [5.74, 6) is -0.0165. The molecule has 1 saturated heterocycles. The highest BCUT2D eigenvalue weighted by atomic mass is 79.9. The molecule has 0 radical (unpaired) electrons. The van der Waals surface area contributed by atoms with E-state index in [1.807, 2.05) is 25.1 Å². The summed E-state index contributed by atoms with van der Waals surface area (Å²) in [7, 11) is 3.95. The molecule has 1 aromatic heterocycles. The van der Waals surface area contributed by atoms with Crippen LogP contribution in [-0.4, -0.2) is 60.1 Å². The van der Waals surface area contributed by atoms with Crippen molar-refractivity contribution in [3.63, 3.8) is 0 Å². The minimum Gasteiger partial charge on any atom is -0.391 e. The van der Waals surface area contributed by atoms with Crippen LogP contribution in [0.4, 0.5) is 0 Å². The van der Waals surface area contributed by atoms with E-state index in [1.54, 1.807) is 4.90 Å². The minimum atomic E-state index is -0.422. The zero-order valence-electron chi connectivity index (χ0n) is 10.8. The molecule has 1 fully saturated rings. The maximum atomic E-state index is 12.6. The van der Waals surface area contributed by atoms with Crippen LogP contribution in [0.1, 0.15) is 16.8 Å². The molecule has 1 amide bonds. The Balaban J connectivity index is 2.19. The van der Waals surface area contributed by atoms with Crippen LogP contribution in [0.3, 0.4) is 0 Å². The Morgan fingerprint density at radius 2 is 2.26 bits per heavy atom. The van der Waals surface area contributed by atoms with Crippen LogP contribution < -0.4 is 0 Å². The average Bonchev–Trinajstić information content (AvgIpc) is 2.80. The van der Waals surface area contributed by atoms with Gasteiger partial charge in [-0.25, -0.2) is 0 Å². The lowest BCUT2D eigenvalue weighted by Gasteiger charge is -2.26. The van der Waals surface area contributed by atoms with Crippen LogP contribution in [0.2, 0.25) is 0 Å². The van der Waals surface area contributed by atoms with Crippen molar-refractivity contribution in [1.82, 2.24) is 9.80 Å². The molecule has 1 aliphatic heterocycles. The van der Waals surface area contributed by atoms with Crippen molar-refractivity contribution in [1.29, 1.82) is 0 Å². The lowest BCUT2D eigenvalue weighted by atomic mass is 10.2. The molecule has 1 aromatic rings. The predicted octanol–water partition coefficient (Wildman–Crippen LogP) is 2.41. The molecule has 0 aromatic carbocycles. The molecule has 0 spiro atoms. The van der Waals surface area contributed by atoms with E-state index in [2.05, 4.69) is 31.9 Å². The third-order valence-electron chi connectivity index (χ3n) is 3.12. The number of β-amino-alcohol motifs (C(OH)–C–C–N with tert-alkyl or cyclic N) is 1. The van der Waals surface area contributed by atoms with Crippen molar-refractivity contribution in [2.45, 2.75) is 18.6 Å². The first-order chi connectivity index (χ1) is 8.88. The molecule has 106 valence electrons. The summed E-state index contributed by atoms with van der Waals surface area (Å²) in [6.45, 7) is 1.18. The van der Waals surface area contributed by atoms with E-state index in [-0.39, 0.29) is 11.9 Å². The number of likely N-dealkylation sites (tertiary alicyclic amines) is 1. The average molecular weight is 412 g/mol. The number of rotatable bonds is 3. The van der Waals surface area contributed by atoms with Crippen molar-refractivity contribution < 1.29 is 9.90 Å². The van der Waals surface area contributed by atoms with E-state index in [1.165, 1.54) is 11.3 Å². The molecule has 19 heavy (non-hydrogen) atoms. The van der Waals surface area contributed by atoms with Crippen molar-refractivity contribution in [2.24, 2.45) is 0 Å². The number of amides is 1. The summed E-state index contributed by atoms with van der Waals surface area (Å²) >= 11 is 8.29. The van der Waals surface area contributed by atoms with E-state index < -0.39 is 6.10 Å². The Morgan fingerprint density at radius 3 is 2.79 bits per heavy atom. The standard InChI is InChI=1S/C12H16Br2N2O2S/c1-15(2)5-7-3-8(17)6-16(7)12(18)9-4-10(13)19-11(9)14/h4,7-8,17H,3,5-6H2,1-2H3. The number of halogens is 2. The monoisotopic (exact) mass is 410 g/mol. The van der Waals surface area contributed by atoms with Crippen molar-refractivity contribution in [3.8, 4) is 0 Å². The molecule has 0 bridgehead atoms. The van der Waals surface area contributed by atoms with E-state index in [0.717, 1.165) is 14.1 Å². The van der Waals surface area contributed by atoms with Gasteiger partial charge in [0.2, 0.25) is 0 Å². The van der Waals surface area contributed by atoms with Crippen LogP contribution in [0.25, 0.3) is 0 Å². The second-order valence-electron chi connectivity index (χ2n) is 5.00. The van der Waals surface area contributed by atoms with Crippen LogP contribution in [0.15, 0.2) is 13.6 Å². The number of carbonyl (C=O) groups excluding carboxylic acids is 1. The summed E-state index contributed by atoms with van der Waals surface area (Å²) in [5, 5.41) is 9.82. The van der Waals surface area contributed by atoms with E-state index >= 15 is 0 Å². The molecular formula is C12H16Br2N2O2S. The van der Waals surface area contributed by atoms with Gasteiger partial charge >= 0.3 is 0 Å². The van der Waals surface area contributed by atoms with Gasteiger partial charge in [-0.05, 0) is 58.4 Å². The van der Waals surface area contributed by atoms with E-state index in [0.29, 0.717) is 18.5 Å². The molecule has 2 rings (SSSR count). The van der Waals surface area contributed by atoms with Gasteiger partial charge in [-0.15, -0.1) is 11.3 Å². The summed E-state index contributed by atoms with van der Waals surface area (Å²) in [6, 6.07) is 1.90. The third kappa shape index (κ3) is 3.58. The SMILES string of the molecule is CN(C)CC1CC(O)CN1C(=O)c1cc(Br)sc1Br. The zero-order valence-corrected chi connectivity index (χ0v) is 14.8. The first-order valence-corrected chi connectivity index (χ1v) is 8.37. The van der Waals surface area contributed by atoms with E-state index in [4.69, 9.17) is 0 Å². The molecule has 2 unspecified atom stereocenters. The highest BCUT2D eigenvalue weighted by Crippen LogP contribution is 2.34. The van der Waals surface area contributed by atoms with Crippen molar-refractivity contribution >= 4 is 49.1 Å². The molecule has 4 nitrogen and oxygen atoms in total. The maximum absolute atomic E-state index is 12.6. The van der Waals surface area contributed by atoms with Gasteiger partial charge in [0.05, 0.1) is 19.2 Å². The van der Waals surface area contributed by atoms with Gasteiger partial charge in [0.15, 0.2) is 0 Å². The molecule has 1 aliphatic rings. The first-order valence-electron chi connectivity index (χ1n) is 5.97. The fourth-order valence-electron chi connectivity index (χ4n) is 2.38. The number of carbonyl (C=O) groups is 1. The lowest BCUT2D eigenvalue weighted by molar-refractivity contribution is 0.0699. The Morgan fingerprint density at radius 1 is 1.58 bits per heavy atom. The quantitative estimate of drug-likeness (QED) is 0.830. The van der Waals surface area contributed by atoms with Gasteiger partial charge < -0.3 is 14.9 Å². The molecule has 1 N–H and O–H groups in total. The number of hydrogen-bond donors (Lipinski definition) is 1. The smallest absolute Gasteiger partial charge is 0.256 e. The van der Waals surface area contributed by atoms with Gasteiger partial charge in [0, 0.05) is 19.1 Å². The number of aliphatic hydroxyl groups is 1. The number of hydrogen-bond acceptors (Lipinski definition) is 4. The fraction of sp³-hybridized carbons (Fsp3) is 0.583. The van der Waals surface area contributed by atoms with Gasteiger partial charge in [-0.1, -0.05) is 0 Å². The summed E-state index contributed by atoms with van der Waals surface area (Å²) < 4.78 is 1.75. The first kappa shape index (κ1) is 15.4. The Labute approximate surface area is 133 Å². The second kappa shape index (κ2) is 6.22. The molecule has 0 saturated carbocycles. The van der Waals surface area contributed by atoms with Crippen LogP contribution >= 0.6 is 43.2 Å². The van der Waals surface area contributed by atoms with Gasteiger partial charge in [0.25, 0.3) is 5.91 Å². The van der Waals surface area contributed by atoms with Crippen LogP contribution in [0.5, 0.6) is 0 Å². The molecule has 0 aliphatic carbocycles. The third-order valence-corrected chi connectivity index (χ3v) is 5.46. The molecule has 2 heterocycles. The minimum absolute atomic E-state index is 0.0165. The largest absolute Gasteiger partial charge is 0.391 e. The van der Waals surface area contributed by atoms with Gasteiger partial charge in [-0.3, -0.25) is 4.79 Å². The summed E-state index contributed by atoms with van der Waals surface area (Å²) in [4.78, 5) is 16.4. The van der Waals surface area contributed by atoms with Gasteiger partial charge in [0.1, 0.15) is 0 Å². The molecule has 2 atom stereocenters. The summed E-state index contributed by atoms with van der Waals surface area (Å²) in [5.41, 5.74) is 0.662.